The Morgan fingerprint density at radius 1 is 0.960 bits per heavy atom. The molecule has 0 amide bonds. The van der Waals surface area contributed by atoms with E-state index >= 15 is 0 Å². The van der Waals surface area contributed by atoms with Gasteiger partial charge in [0.1, 0.15) is 5.58 Å². The zero-order chi connectivity index (χ0) is 18.4. The van der Waals surface area contributed by atoms with Gasteiger partial charge < -0.3 is 13.9 Å². The molecular formula is C16H21O8P. The van der Waals surface area contributed by atoms with Gasteiger partial charge in [0.25, 0.3) is 0 Å². The molecule has 138 valence electrons. The Labute approximate surface area is 145 Å². The summed E-state index contributed by atoms with van der Waals surface area (Å²) in [5.41, 5.74) is 0.194. The van der Waals surface area contributed by atoms with Crippen molar-refractivity contribution in [1.29, 1.82) is 0 Å². The Balaban J connectivity index is 2.43. The number of benzene rings is 1. The first-order valence-corrected chi connectivity index (χ1v) is 9.14. The lowest BCUT2D eigenvalue weighted by atomic mass is 10.1. The van der Waals surface area contributed by atoms with Crippen LogP contribution in [-0.4, -0.2) is 27.4 Å². The summed E-state index contributed by atoms with van der Waals surface area (Å²) in [7, 11) is -0.722. The lowest BCUT2D eigenvalue weighted by Gasteiger charge is -2.17. The fourth-order valence-corrected chi connectivity index (χ4v) is 3.40. The fourth-order valence-electron chi connectivity index (χ4n) is 2.25. The maximum Gasteiger partial charge on any atom is 0.475 e. The predicted molar refractivity (Wildman–Crippen MR) is 91.2 cm³/mol. The number of phosphoric acid groups is 1. The van der Waals surface area contributed by atoms with Gasteiger partial charge in [0.15, 0.2) is 11.5 Å². The first-order valence-electron chi connectivity index (χ1n) is 7.68. The van der Waals surface area contributed by atoms with Gasteiger partial charge in [0, 0.05) is 17.5 Å². The van der Waals surface area contributed by atoms with Gasteiger partial charge in [-0.05, 0) is 25.5 Å². The Morgan fingerprint density at radius 2 is 1.56 bits per heavy atom. The monoisotopic (exact) mass is 372 g/mol. The van der Waals surface area contributed by atoms with Crippen molar-refractivity contribution in [3.8, 4) is 11.5 Å². The number of rotatable bonds is 9. The van der Waals surface area contributed by atoms with Gasteiger partial charge in [-0.15, -0.1) is 0 Å². The van der Waals surface area contributed by atoms with Crippen LogP contribution in [0.5, 0.6) is 11.5 Å². The topological polar surface area (TPSA) is 93.4 Å². The first kappa shape index (κ1) is 19.5. The molecule has 8 nitrogen and oxygen atoms in total. The second kappa shape index (κ2) is 8.49. The van der Waals surface area contributed by atoms with E-state index in [2.05, 4.69) is 0 Å². The van der Waals surface area contributed by atoms with E-state index in [9.17, 15) is 9.36 Å². The molecule has 1 heterocycles. The molecule has 0 radical (unpaired) electrons. The van der Waals surface area contributed by atoms with Crippen LogP contribution in [0.25, 0.3) is 11.0 Å². The van der Waals surface area contributed by atoms with E-state index in [1.54, 1.807) is 26.0 Å². The third-order valence-electron chi connectivity index (χ3n) is 3.29. The lowest BCUT2D eigenvalue weighted by Crippen LogP contribution is -2.05. The molecule has 2 rings (SSSR count). The predicted octanol–water partition coefficient (Wildman–Crippen LogP) is 3.51. The zero-order valence-electron chi connectivity index (χ0n) is 14.6. The van der Waals surface area contributed by atoms with E-state index in [0.29, 0.717) is 28.0 Å². The van der Waals surface area contributed by atoms with Crippen molar-refractivity contribution in [2.45, 2.75) is 20.5 Å². The Hall–Kier alpha value is -1.86. The lowest BCUT2D eigenvalue weighted by molar-refractivity contribution is 0.116. The van der Waals surface area contributed by atoms with Crippen LogP contribution >= 0.6 is 7.82 Å². The SMILES string of the molecule is CCOP(=O)(OCC)OCc1cc(=O)oc2cc(OC)c(OC)cc12. The van der Waals surface area contributed by atoms with Gasteiger partial charge in [-0.3, -0.25) is 13.6 Å². The summed E-state index contributed by atoms with van der Waals surface area (Å²) in [6, 6.07) is 4.46. The van der Waals surface area contributed by atoms with Crippen molar-refractivity contribution in [3.05, 3.63) is 34.2 Å². The van der Waals surface area contributed by atoms with Crippen LogP contribution in [0.4, 0.5) is 0 Å². The van der Waals surface area contributed by atoms with Crippen LogP contribution in [0.1, 0.15) is 19.4 Å². The van der Waals surface area contributed by atoms with Crippen molar-refractivity contribution in [1.82, 2.24) is 0 Å². The quantitative estimate of drug-likeness (QED) is 0.488. The van der Waals surface area contributed by atoms with Crippen molar-refractivity contribution in [2.75, 3.05) is 27.4 Å². The van der Waals surface area contributed by atoms with Gasteiger partial charge in [0.2, 0.25) is 0 Å². The van der Waals surface area contributed by atoms with Crippen molar-refractivity contribution in [3.63, 3.8) is 0 Å². The van der Waals surface area contributed by atoms with E-state index in [-0.39, 0.29) is 19.8 Å². The molecule has 0 N–H and O–H groups in total. The molecule has 0 aliphatic rings. The third kappa shape index (κ3) is 4.61. The average molecular weight is 372 g/mol. The Bertz CT molecular complexity index is 819. The number of fused-ring (bicyclic) bond motifs is 1. The van der Waals surface area contributed by atoms with Crippen LogP contribution in [0.15, 0.2) is 27.4 Å². The largest absolute Gasteiger partial charge is 0.493 e. The zero-order valence-corrected chi connectivity index (χ0v) is 15.5. The minimum Gasteiger partial charge on any atom is -0.493 e. The Kier molecular flexibility index (Phi) is 6.61. The second-order valence-corrected chi connectivity index (χ2v) is 6.52. The number of hydrogen-bond acceptors (Lipinski definition) is 8. The minimum atomic E-state index is -3.70. The minimum absolute atomic E-state index is 0.158. The highest BCUT2D eigenvalue weighted by molar-refractivity contribution is 7.48. The molecule has 1 aromatic heterocycles. The molecule has 0 saturated heterocycles. The van der Waals surface area contributed by atoms with Crippen molar-refractivity contribution < 1.29 is 32.0 Å². The molecule has 0 saturated carbocycles. The molecule has 9 heteroatoms. The Morgan fingerprint density at radius 3 is 2.12 bits per heavy atom. The van der Waals surface area contributed by atoms with Gasteiger partial charge >= 0.3 is 13.4 Å². The van der Waals surface area contributed by atoms with Crippen LogP contribution in [0, 0.1) is 0 Å². The van der Waals surface area contributed by atoms with Gasteiger partial charge in [-0.1, -0.05) is 0 Å². The molecule has 0 fully saturated rings. The van der Waals surface area contributed by atoms with Gasteiger partial charge in [-0.25, -0.2) is 9.36 Å². The van der Waals surface area contributed by atoms with E-state index in [1.807, 2.05) is 0 Å². The number of phosphoric ester groups is 1. The number of ether oxygens (including phenoxy) is 2. The third-order valence-corrected chi connectivity index (χ3v) is 4.88. The molecule has 0 spiro atoms. The highest BCUT2D eigenvalue weighted by atomic mass is 31.2. The molecular weight excluding hydrogens is 351 g/mol. The average Bonchev–Trinajstić information content (AvgIpc) is 2.59. The standard InChI is InChI=1S/C16H21O8P/c1-5-21-25(18,22-6-2)23-10-11-7-16(17)24-13-9-15(20-4)14(19-3)8-12(11)13/h7-9H,5-6,10H2,1-4H3. The van der Waals surface area contributed by atoms with E-state index in [4.69, 9.17) is 27.5 Å². The van der Waals surface area contributed by atoms with Crippen LogP contribution < -0.4 is 15.1 Å². The normalized spacial score (nSPS) is 11.7. The van der Waals surface area contributed by atoms with E-state index in [1.165, 1.54) is 20.3 Å². The summed E-state index contributed by atoms with van der Waals surface area (Å²) in [6.07, 6.45) is 0. The maximum atomic E-state index is 12.4. The molecule has 0 unspecified atom stereocenters. The molecule has 0 aliphatic heterocycles. The molecule has 2 aromatic rings. The first-order chi connectivity index (χ1) is 12.0. The number of hydrogen-bond donors (Lipinski definition) is 0. The highest BCUT2D eigenvalue weighted by Gasteiger charge is 2.26. The molecule has 0 aliphatic carbocycles. The van der Waals surface area contributed by atoms with Crippen molar-refractivity contribution >= 4 is 18.8 Å². The summed E-state index contributed by atoms with van der Waals surface area (Å²) >= 11 is 0. The summed E-state index contributed by atoms with van der Waals surface area (Å²) in [4.78, 5) is 11.8. The molecule has 25 heavy (non-hydrogen) atoms. The second-order valence-electron chi connectivity index (χ2n) is 4.85. The highest BCUT2D eigenvalue weighted by Crippen LogP contribution is 2.50. The van der Waals surface area contributed by atoms with Crippen molar-refractivity contribution in [2.24, 2.45) is 0 Å². The van der Waals surface area contributed by atoms with Crippen LogP contribution in [-0.2, 0) is 24.7 Å². The van der Waals surface area contributed by atoms with Gasteiger partial charge in [0.05, 0.1) is 34.0 Å². The smallest absolute Gasteiger partial charge is 0.475 e. The summed E-state index contributed by atoms with van der Waals surface area (Å²) in [5, 5.41) is 0.566. The van der Waals surface area contributed by atoms with Crippen LogP contribution in [0.3, 0.4) is 0 Å². The summed E-state index contributed by atoms with van der Waals surface area (Å²) in [5.74, 6) is 0.883. The van der Waals surface area contributed by atoms with Crippen LogP contribution in [0.2, 0.25) is 0 Å². The van der Waals surface area contributed by atoms with E-state index in [0.717, 1.165) is 0 Å². The molecule has 1 aromatic carbocycles. The molecule has 0 bridgehead atoms. The number of methoxy groups -OCH3 is 2. The summed E-state index contributed by atoms with van der Waals surface area (Å²) in [6.45, 7) is 3.53. The van der Waals surface area contributed by atoms with Gasteiger partial charge in [-0.2, -0.15) is 0 Å². The fraction of sp³-hybridized carbons (Fsp3) is 0.438. The maximum absolute atomic E-state index is 12.4. The summed E-state index contributed by atoms with van der Waals surface area (Å²) < 4.78 is 43.6. The van der Waals surface area contributed by atoms with E-state index < -0.39 is 13.4 Å². The molecule has 0 atom stereocenters.